The van der Waals surface area contributed by atoms with Crippen molar-refractivity contribution < 1.29 is 24.2 Å². The van der Waals surface area contributed by atoms with E-state index in [1.54, 1.807) is 7.11 Å². The summed E-state index contributed by atoms with van der Waals surface area (Å²) in [6.07, 6.45) is 8.14. The maximum absolute atomic E-state index is 5.37. The average Bonchev–Trinajstić information content (AvgIpc) is 3.76. The van der Waals surface area contributed by atoms with Crippen LogP contribution in [0.4, 0.5) is 0 Å². The molecule has 0 N–H and O–H groups in total. The van der Waals surface area contributed by atoms with Crippen LogP contribution in [-0.4, -0.2) is 17.1 Å². The van der Waals surface area contributed by atoms with E-state index < -0.39 is 0 Å². The zero-order valence-electron chi connectivity index (χ0n) is 21.4. The second-order valence-electron chi connectivity index (χ2n) is 9.15. The van der Waals surface area contributed by atoms with Crippen LogP contribution in [0.15, 0.2) is 91.0 Å². The molecule has 6 heteroatoms. The molecule has 0 atom stereocenters. The maximum atomic E-state index is 5.37. The molecule has 2 aliphatic heterocycles. The van der Waals surface area contributed by atoms with Crippen molar-refractivity contribution in [2.75, 3.05) is 7.11 Å². The van der Waals surface area contributed by atoms with Crippen LogP contribution >= 0.6 is 0 Å². The van der Waals surface area contributed by atoms with E-state index in [4.69, 9.17) is 24.7 Å². The van der Waals surface area contributed by atoms with Crippen molar-refractivity contribution in [1.29, 1.82) is 0 Å². The Labute approximate surface area is 238 Å². The largest absolute Gasteiger partial charge is 2.00 e. The molecule has 8 bridgehead atoms. The summed E-state index contributed by atoms with van der Waals surface area (Å²) in [7, 11) is 1.67. The Balaban J connectivity index is 0.00000277. The molecule has 0 fully saturated rings. The first-order chi connectivity index (χ1) is 18.7. The minimum Gasteiger partial charge on any atom is -0.657 e. The first-order valence-corrected chi connectivity index (χ1v) is 12.4. The Hall–Kier alpha value is -4.54. The van der Waals surface area contributed by atoms with E-state index >= 15 is 0 Å². The summed E-state index contributed by atoms with van der Waals surface area (Å²) in [4.78, 5) is 19.8. The van der Waals surface area contributed by atoms with Crippen molar-refractivity contribution in [2.45, 2.75) is 0 Å². The normalized spacial score (nSPS) is 11.8. The molecule has 0 radical (unpaired) electrons. The van der Waals surface area contributed by atoms with Gasteiger partial charge in [-0.25, -0.2) is 9.97 Å². The number of methoxy groups -OCH3 is 1. The molecule has 39 heavy (non-hydrogen) atoms. The van der Waals surface area contributed by atoms with Gasteiger partial charge in [0.15, 0.2) is 0 Å². The molecule has 0 saturated heterocycles. The Bertz CT molecular complexity index is 1900. The van der Waals surface area contributed by atoms with E-state index in [0.29, 0.717) is 0 Å². The number of fused-ring (bicyclic) bond motifs is 8. The van der Waals surface area contributed by atoms with Gasteiger partial charge in [0.25, 0.3) is 0 Å². The molecule has 5 nitrogen and oxygen atoms in total. The van der Waals surface area contributed by atoms with Crippen LogP contribution in [0.3, 0.4) is 0 Å². The van der Waals surface area contributed by atoms with Crippen molar-refractivity contribution in [3.63, 3.8) is 0 Å². The predicted molar refractivity (Wildman–Crippen MR) is 154 cm³/mol. The molecule has 3 aromatic heterocycles. The Kier molecular flexibility index (Phi) is 6.56. The van der Waals surface area contributed by atoms with Gasteiger partial charge in [-0.05, 0) is 58.7 Å². The minimum atomic E-state index is 0. The molecule has 0 aliphatic carbocycles. The van der Waals surface area contributed by atoms with Crippen LogP contribution in [0, 0.1) is 0 Å². The fourth-order valence-corrected chi connectivity index (χ4v) is 4.91. The number of hydrogen-bond donors (Lipinski definition) is 0. The summed E-state index contributed by atoms with van der Waals surface area (Å²) >= 11 is 0. The van der Waals surface area contributed by atoms with Gasteiger partial charge in [-0.2, -0.15) is 0 Å². The SMILES string of the molecule is COc1ccc(-c2c3nc(cc4ccc([n-]4)c(-c4ccccc4)c4nc(cc5ccc2[n-]5)C=C4)C=C3)cc1.[Zn+2]. The predicted octanol–water partition coefficient (Wildman–Crippen LogP) is 7.25. The van der Waals surface area contributed by atoms with E-state index in [0.717, 1.165) is 72.8 Å². The van der Waals surface area contributed by atoms with Crippen molar-refractivity contribution in [3.05, 3.63) is 114 Å². The molecule has 7 rings (SSSR count). The van der Waals surface area contributed by atoms with Crippen LogP contribution in [0.2, 0.25) is 0 Å². The number of hydrogen-bond acceptors (Lipinski definition) is 3. The molecule has 5 aromatic rings. The van der Waals surface area contributed by atoms with Gasteiger partial charge in [0, 0.05) is 0 Å². The third-order valence-corrected chi connectivity index (χ3v) is 6.70. The second-order valence-corrected chi connectivity index (χ2v) is 9.15. The summed E-state index contributed by atoms with van der Waals surface area (Å²) < 4.78 is 5.37. The van der Waals surface area contributed by atoms with Gasteiger partial charge in [-0.15, -0.1) is 22.1 Å². The van der Waals surface area contributed by atoms with Gasteiger partial charge >= 0.3 is 19.5 Å². The first kappa shape index (κ1) is 24.8. The number of benzene rings is 2. The summed E-state index contributed by atoms with van der Waals surface area (Å²) in [5.74, 6) is 0.805. The molecule has 0 saturated carbocycles. The summed E-state index contributed by atoms with van der Waals surface area (Å²) in [6.45, 7) is 0. The standard InChI is InChI=1S/C33H22N4O.Zn/c1-38-27-13-7-22(8-14-27)33-30-17-11-25(36-30)19-23-9-15-28(34-23)32(21-5-3-2-4-6-21)29-16-10-24(35-29)20-26-12-18-31(33)37-26;/h2-20H,1H3;/q-2;+2. The summed E-state index contributed by atoms with van der Waals surface area (Å²) in [5.41, 5.74) is 10.9. The van der Waals surface area contributed by atoms with Crippen molar-refractivity contribution in [2.24, 2.45) is 0 Å². The second kappa shape index (κ2) is 10.3. The molecular formula is C33H22N4OZn. The Morgan fingerprint density at radius 1 is 0.564 bits per heavy atom. The maximum Gasteiger partial charge on any atom is 2.00 e. The van der Waals surface area contributed by atoms with Crippen LogP contribution in [-0.2, 0) is 19.5 Å². The van der Waals surface area contributed by atoms with E-state index in [1.165, 1.54) is 0 Å². The monoisotopic (exact) mass is 554 g/mol. The summed E-state index contributed by atoms with van der Waals surface area (Å²) in [6, 6.07) is 30.4. The summed E-state index contributed by atoms with van der Waals surface area (Å²) in [5, 5.41) is 0. The molecule has 0 amide bonds. The molecule has 182 valence electrons. The average molecular weight is 556 g/mol. The van der Waals surface area contributed by atoms with Gasteiger partial charge in [0.05, 0.1) is 29.9 Å². The molecule has 0 spiro atoms. The molecule has 5 heterocycles. The minimum absolute atomic E-state index is 0. The Morgan fingerprint density at radius 2 is 1.08 bits per heavy atom. The van der Waals surface area contributed by atoms with Gasteiger partial charge in [-0.3, -0.25) is 0 Å². The number of ether oxygens (including phenoxy) is 1. The van der Waals surface area contributed by atoms with Gasteiger partial charge in [-0.1, -0.05) is 78.9 Å². The van der Waals surface area contributed by atoms with E-state index in [-0.39, 0.29) is 19.5 Å². The van der Waals surface area contributed by atoms with Crippen LogP contribution in [0.25, 0.3) is 68.6 Å². The fraction of sp³-hybridized carbons (Fsp3) is 0.0303. The van der Waals surface area contributed by atoms with E-state index in [2.05, 4.69) is 12.1 Å². The third-order valence-electron chi connectivity index (χ3n) is 6.70. The Morgan fingerprint density at radius 3 is 1.59 bits per heavy atom. The van der Waals surface area contributed by atoms with Crippen LogP contribution in [0.1, 0.15) is 22.8 Å². The van der Waals surface area contributed by atoms with Gasteiger partial charge in [0.2, 0.25) is 0 Å². The molecule has 0 unspecified atom stereocenters. The topological polar surface area (TPSA) is 63.2 Å². The zero-order chi connectivity index (χ0) is 25.5. The quantitative estimate of drug-likeness (QED) is 0.215. The number of rotatable bonds is 3. The number of nitrogens with zero attached hydrogens (tertiary/aromatic N) is 4. The van der Waals surface area contributed by atoms with Crippen molar-refractivity contribution >= 4 is 46.4 Å². The van der Waals surface area contributed by atoms with E-state index in [9.17, 15) is 0 Å². The first-order valence-electron chi connectivity index (χ1n) is 12.4. The van der Waals surface area contributed by atoms with Gasteiger partial charge < -0.3 is 14.7 Å². The number of aromatic nitrogens is 4. The molecule has 2 aliphatic rings. The van der Waals surface area contributed by atoms with Gasteiger partial charge in [0.1, 0.15) is 5.75 Å². The van der Waals surface area contributed by atoms with Crippen LogP contribution in [0.5, 0.6) is 5.75 Å². The van der Waals surface area contributed by atoms with E-state index in [1.807, 2.05) is 103 Å². The van der Waals surface area contributed by atoms with Crippen LogP contribution < -0.4 is 14.7 Å². The van der Waals surface area contributed by atoms with Crippen molar-refractivity contribution in [1.82, 2.24) is 19.9 Å². The van der Waals surface area contributed by atoms with Crippen molar-refractivity contribution in [3.8, 4) is 28.0 Å². The molecular weight excluding hydrogens is 534 g/mol. The smallest absolute Gasteiger partial charge is 0.657 e. The molecule has 2 aromatic carbocycles. The fourth-order valence-electron chi connectivity index (χ4n) is 4.91. The zero-order valence-corrected chi connectivity index (χ0v) is 24.3. The third kappa shape index (κ3) is 4.76.